The van der Waals surface area contributed by atoms with Crippen molar-refractivity contribution >= 4 is 5.97 Å². The van der Waals surface area contributed by atoms with Crippen LogP contribution in [0.5, 0.6) is 5.88 Å². The Labute approximate surface area is 102 Å². The fourth-order valence-corrected chi connectivity index (χ4v) is 1.46. The smallest absolute Gasteiger partial charge is 0.335 e. The molecule has 0 bridgehead atoms. The van der Waals surface area contributed by atoms with Gasteiger partial charge in [-0.3, -0.25) is 0 Å². The maximum Gasteiger partial charge on any atom is 0.335 e. The number of hydrogen-bond donors (Lipinski definition) is 1. The van der Waals surface area contributed by atoms with Crippen molar-refractivity contribution < 1.29 is 14.6 Å². The Morgan fingerprint density at radius 2 is 2.12 bits per heavy atom. The van der Waals surface area contributed by atoms with Crippen molar-refractivity contribution in [2.75, 3.05) is 6.61 Å². The van der Waals surface area contributed by atoms with E-state index >= 15 is 0 Å². The van der Waals surface area contributed by atoms with Crippen LogP contribution in [0.25, 0.3) is 0 Å². The molecule has 4 heteroatoms. The molecule has 0 amide bonds. The highest BCUT2D eigenvalue weighted by molar-refractivity contribution is 5.88. The van der Waals surface area contributed by atoms with Crippen LogP contribution in [0.3, 0.4) is 0 Å². The molecule has 0 aliphatic heterocycles. The molecule has 0 unspecified atom stereocenters. The summed E-state index contributed by atoms with van der Waals surface area (Å²) in [5.41, 5.74) is 1.02. The third kappa shape index (κ3) is 4.43. The lowest BCUT2D eigenvalue weighted by Crippen LogP contribution is -2.05. The van der Waals surface area contributed by atoms with Gasteiger partial charge >= 0.3 is 5.97 Å². The van der Waals surface area contributed by atoms with Crippen LogP contribution >= 0.6 is 0 Å². The minimum atomic E-state index is -0.940. The van der Waals surface area contributed by atoms with Crippen molar-refractivity contribution in [2.45, 2.75) is 39.5 Å². The average Bonchev–Trinajstić information content (AvgIpc) is 2.29. The Kier molecular flexibility index (Phi) is 5.46. The Balaban J connectivity index is 2.83. The predicted octanol–water partition coefficient (Wildman–Crippen LogP) is 2.91. The molecule has 0 aliphatic rings. The van der Waals surface area contributed by atoms with Crippen molar-refractivity contribution in [1.82, 2.24) is 4.98 Å². The molecular formula is C13H19NO3. The van der Waals surface area contributed by atoms with Crippen LogP contribution in [-0.2, 0) is 6.42 Å². The van der Waals surface area contributed by atoms with Crippen LogP contribution in [0.4, 0.5) is 0 Å². The summed E-state index contributed by atoms with van der Waals surface area (Å²) in [5.74, 6) is -0.521. The van der Waals surface area contributed by atoms with Gasteiger partial charge in [-0.15, -0.1) is 0 Å². The molecule has 1 N–H and O–H groups in total. The van der Waals surface area contributed by atoms with Crippen molar-refractivity contribution in [3.8, 4) is 5.88 Å². The first-order chi connectivity index (χ1) is 8.17. The molecule has 0 spiro atoms. The van der Waals surface area contributed by atoms with Crippen molar-refractivity contribution in [2.24, 2.45) is 0 Å². The number of aromatic carboxylic acids is 1. The summed E-state index contributed by atoms with van der Waals surface area (Å²) in [5, 5.41) is 8.99. The van der Waals surface area contributed by atoms with Crippen molar-refractivity contribution in [3.05, 3.63) is 23.4 Å². The van der Waals surface area contributed by atoms with Gasteiger partial charge in [0.15, 0.2) is 0 Å². The second-order valence-electron chi connectivity index (χ2n) is 3.94. The van der Waals surface area contributed by atoms with Crippen molar-refractivity contribution in [1.29, 1.82) is 0 Å². The summed E-state index contributed by atoms with van der Waals surface area (Å²) in [6.07, 6.45) is 3.69. The van der Waals surface area contributed by atoms with Gasteiger partial charge in [-0.2, -0.15) is 0 Å². The molecule has 0 saturated carbocycles. The number of aromatic nitrogens is 1. The molecule has 0 aliphatic carbocycles. The third-order valence-electron chi connectivity index (χ3n) is 2.36. The van der Waals surface area contributed by atoms with E-state index in [0.29, 0.717) is 12.5 Å². The van der Waals surface area contributed by atoms with E-state index in [2.05, 4.69) is 11.9 Å². The molecule has 1 heterocycles. The molecule has 0 saturated heterocycles. The second-order valence-corrected chi connectivity index (χ2v) is 3.94. The maximum absolute atomic E-state index is 11.0. The lowest BCUT2D eigenvalue weighted by Gasteiger charge is -2.07. The van der Waals surface area contributed by atoms with Crippen LogP contribution in [0.1, 0.15) is 49.2 Å². The van der Waals surface area contributed by atoms with Crippen LogP contribution < -0.4 is 4.74 Å². The number of carboxylic acids is 1. The number of rotatable bonds is 7. The number of aryl methyl sites for hydroxylation is 1. The number of ether oxygens (including phenoxy) is 1. The van der Waals surface area contributed by atoms with Crippen LogP contribution in [0.15, 0.2) is 12.1 Å². The summed E-state index contributed by atoms with van der Waals surface area (Å²) in [6.45, 7) is 4.69. The van der Waals surface area contributed by atoms with Crippen LogP contribution in [-0.4, -0.2) is 22.7 Å². The third-order valence-corrected chi connectivity index (χ3v) is 2.36. The molecule has 1 aromatic rings. The zero-order chi connectivity index (χ0) is 12.7. The van der Waals surface area contributed by atoms with E-state index in [1.54, 1.807) is 6.07 Å². The molecule has 94 valence electrons. The highest BCUT2D eigenvalue weighted by Crippen LogP contribution is 2.14. The van der Waals surface area contributed by atoms with Crippen molar-refractivity contribution in [3.63, 3.8) is 0 Å². The Morgan fingerprint density at radius 3 is 2.71 bits per heavy atom. The highest BCUT2D eigenvalue weighted by atomic mass is 16.5. The quantitative estimate of drug-likeness (QED) is 0.741. The van der Waals surface area contributed by atoms with Gasteiger partial charge in [0.1, 0.15) is 0 Å². The van der Waals surface area contributed by atoms with Gasteiger partial charge in [0, 0.05) is 11.8 Å². The number of hydrogen-bond acceptors (Lipinski definition) is 3. The molecule has 0 fully saturated rings. The molecule has 4 nitrogen and oxygen atoms in total. The zero-order valence-electron chi connectivity index (χ0n) is 10.4. The number of pyridine rings is 1. The van der Waals surface area contributed by atoms with Gasteiger partial charge < -0.3 is 9.84 Å². The standard InChI is InChI=1S/C13H19NO3/c1-3-5-7-17-12-9-10(13(15)16)8-11(14-12)6-4-2/h8-9H,3-7H2,1-2H3,(H,15,16). The molecule has 0 atom stereocenters. The van der Waals surface area contributed by atoms with Gasteiger partial charge in [-0.05, 0) is 18.9 Å². The average molecular weight is 237 g/mol. The van der Waals surface area contributed by atoms with Gasteiger partial charge in [0.05, 0.1) is 12.2 Å². The molecule has 17 heavy (non-hydrogen) atoms. The number of nitrogens with zero attached hydrogens (tertiary/aromatic N) is 1. The molecule has 0 aromatic carbocycles. The molecular weight excluding hydrogens is 218 g/mol. The normalized spacial score (nSPS) is 10.2. The van der Waals surface area contributed by atoms with E-state index in [9.17, 15) is 4.79 Å². The lowest BCUT2D eigenvalue weighted by molar-refractivity contribution is 0.0696. The van der Waals surface area contributed by atoms with E-state index in [-0.39, 0.29) is 5.56 Å². The summed E-state index contributed by atoms with van der Waals surface area (Å²) < 4.78 is 5.45. The predicted molar refractivity (Wildman–Crippen MR) is 65.6 cm³/mol. The van der Waals surface area contributed by atoms with Crippen LogP contribution in [0, 0.1) is 0 Å². The second kappa shape index (κ2) is 6.89. The van der Waals surface area contributed by atoms with Gasteiger partial charge in [0.25, 0.3) is 0 Å². The number of unbranched alkanes of at least 4 members (excludes halogenated alkanes) is 1. The SMILES string of the molecule is CCCCOc1cc(C(=O)O)cc(CCC)n1. The minimum absolute atomic E-state index is 0.245. The maximum atomic E-state index is 11.0. The first-order valence-electron chi connectivity index (χ1n) is 6.04. The highest BCUT2D eigenvalue weighted by Gasteiger charge is 2.08. The number of carbonyl (C=O) groups is 1. The van der Waals surface area contributed by atoms with E-state index < -0.39 is 5.97 Å². The summed E-state index contributed by atoms with van der Waals surface area (Å²) in [7, 11) is 0. The zero-order valence-corrected chi connectivity index (χ0v) is 10.4. The summed E-state index contributed by atoms with van der Waals surface area (Å²) >= 11 is 0. The fraction of sp³-hybridized carbons (Fsp3) is 0.538. The summed E-state index contributed by atoms with van der Waals surface area (Å²) in [6, 6.07) is 3.09. The topological polar surface area (TPSA) is 59.4 Å². The Hall–Kier alpha value is -1.58. The van der Waals surface area contributed by atoms with Crippen LogP contribution in [0.2, 0.25) is 0 Å². The first kappa shape index (κ1) is 13.5. The Bertz CT molecular complexity index is 377. The van der Waals surface area contributed by atoms with E-state index in [1.807, 2.05) is 6.92 Å². The molecule has 1 rings (SSSR count). The van der Waals surface area contributed by atoms with E-state index in [4.69, 9.17) is 9.84 Å². The minimum Gasteiger partial charge on any atom is -0.478 e. The number of carboxylic acid groups (broad SMARTS) is 1. The molecule has 0 radical (unpaired) electrons. The largest absolute Gasteiger partial charge is 0.478 e. The lowest BCUT2D eigenvalue weighted by atomic mass is 10.1. The summed E-state index contributed by atoms with van der Waals surface area (Å²) in [4.78, 5) is 15.2. The van der Waals surface area contributed by atoms with Gasteiger partial charge in [-0.1, -0.05) is 26.7 Å². The Morgan fingerprint density at radius 1 is 1.35 bits per heavy atom. The first-order valence-corrected chi connectivity index (χ1v) is 6.04. The van der Waals surface area contributed by atoms with Gasteiger partial charge in [-0.25, -0.2) is 9.78 Å². The monoisotopic (exact) mass is 237 g/mol. The fourth-order valence-electron chi connectivity index (χ4n) is 1.46. The van der Waals surface area contributed by atoms with E-state index in [1.165, 1.54) is 6.07 Å². The van der Waals surface area contributed by atoms with Gasteiger partial charge in [0.2, 0.25) is 5.88 Å². The van der Waals surface area contributed by atoms with E-state index in [0.717, 1.165) is 31.4 Å². The molecule has 1 aromatic heterocycles.